The fraction of sp³-hybridized carbons (Fsp3) is 0.500. The lowest BCUT2D eigenvalue weighted by molar-refractivity contribution is -0.134. The van der Waals surface area contributed by atoms with Crippen LogP contribution in [0.2, 0.25) is 0 Å². The number of hydrogen-bond donors (Lipinski definition) is 1. The third-order valence-corrected chi connectivity index (χ3v) is 6.97. The number of carbonyl (C=O) groups is 2. The number of ether oxygens (including phenoxy) is 2. The summed E-state index contributed by atoms with van der Waals surface area (Å²) < 4.78 is 10.8. The minimum Gasteiger partial charge on any atom is -0.445 e. The maximum Gasteiger partial charge on any atom is 0.408 e. The van der Waals surface area contributed by atoms with Crippen LogP contribution in [0.3, 0.4) is 0 Å². The molecule has 2 aromatic rings. The van der Waals surface area contributed by atoms with Crippen molar-refractivity contribution in [3.05, 3.63) is 71.8 Å². The zero-order chi connectivity index (χ0) is 24.3. The molecule has 2 aliphatic heterocycles. The number of hydrogen-bond acceptors (Lipinski definition) is 5. The molecule has 1 N–H and O–H groups in total. The number of morpholine rings is 1. The molecule has 7 nitrogen and oxygen atoms in total. The molecule has 2 aliphatic rings. The summed E-state index contributed by atoms with van der Waals surface area (Å²) in [4.78, 5) is 30.4. The van der Waals surface area contributed by atoms with Gasteiger partial charge in [-0.1, -0.05) is 60.7 Å². The molecule has 0 aromatic heterocycles. The number of alkyl carbamates (subject to hydrolysis) is 1. The Hall–Kier alpha value is -2.90. The maximum atomic E-state index is 13.5. The van der Waals surface area contributed by atoms with Crippen molar-refractivity contribution in [1.29, 1.82) is 0 Å². The zero-order valence-corrected chi connectivity index (χ0v) is 20.4. The number of benzene rings is 2. The van der Waals surface area contributed by atoms with Gasteiger partial charge in [0.05, 0.1) is 13.2 Å². The van der Waals surface area contributed by atoms with E-state index in [0.717, 1.165) is 69.9 Å². The highest BCUT2D eigenvalue weighted by molar-refractivity contribution is 5.86. The van der Waals surface area contributed by atoms with Crippen molar-refractivity contribution in [2.24, 2.45) is 5.92 Å². The number of carbonyl (C=O) groups excluding carboxylic acids is 2. The molecular formula is C28H37N3O4. The highest BCUT2D eigenvalue weighted by atomic mass is 16.5. The van der Waals surface area contributed by atoms with Crippen molar-refractivity contribution in [3.63, 3.8) is 0 Å². The van der Waals surface area contributed by atoms with Crippen LogP contribution in [0.15, 0.2) is 60.7 Å². The summed E-state index contributed by atoms with van der Waals surface area (Å²) in [6.45, 7) is 6.44. The Morgan fingerprint density at radius 1 is 0.914 bits per heavy atom. The van der Waals surface area contributed by atoms with Gasteiger partial charge in [-0.3, -0.25) is 9.69 Å². The Labute approximate surface area is 208 Å². The van der Waals surface area contributed by atoms with Gasteiger partial charge >= 0.3 is 6.09 Å². The molecule has 2 heterocycles. The summed E-state index contributed by atoms with van der Waals surface area (Å²) >= 11 is 0. The van der Waals surface area contributed by atoms with Crippen molar-refractivity contribution in [3.8, 4) is 0 Å². The van der Waals surface area contributed by atoms with Gasteiger partial charge < -0.3 is 19.7 Å². The van der Waals surface area contributed by atoms with Crippen LogP contribution >= 0.6 is 0 Å². The molecule has 0 radical (unpaired) electrons. The molecule has 2 saturated heterocycles. The van der Waals surface area contributed by atoms with E-state index in [4.69, 9.17) is 9.47 Å². The first-order valence-electron chi connectivity index (χ1n) is 12.8. The second kappa shape index (κ2) is 13.3. The van der Waals surface area contributed by atoms with Crippen molar-refractivity contribution in [2.75, 3.05) is 45.9 Å². The summed E-state index contributed by atoms with van der Waals surface area (Å²) in [5, 5.41) is 2.84. The van der Waals surface area contributed by atoms with Gasteiger partial charge in [-0.25, -0.2) is 4.79 Å². The van der Waals surface area contributed by atoms with Crippen LogP contribution in [-0.4, -0.2) is 73.8 Å². The van der Waals surface area contributed by atoms with Gasteiger partial charge in [-0.05, 0) is 42.9 Å². The molecule has 7 heteroatoms. The molecule has 2 aromatic carbocycles. The lowest BCUT2D eigenvalue weighted by atomic mass is 9.92. The average Bonchev–Trinajstić information content (AvgIpc) is 2.92. The van der Waals surface area contributed by atoms with Gasteiger partial charge in [0, 0.05) is 32.6 Å². The summed E-state index contributed by atoms with van der Waals surface area (Å²) in [6.07, 6.45) is 3.05. The summed E-state index contributed by atoms with van der Waals surface area (Å²) in [6, 6.07) is 18.7. The van der Waals surface area contributed by atoms with Gasteiger partial charge in [0.25, 0.3) is 0 Å². The molecule has 35 heavy (non-hydrogen) atoms. The molecule has 188 valence electrons. The predicted octanol–water partition coefficient (Wildman–Crippen LogP) is 3.49. The van der Waals surface area contributed by atoms with E-state index in [2.05, 4.69) is 10.2 Å². The lowest BCUT2D eigenvalue weighted by Gasteiger charge is -2.35. The van der Waals surface area contributed by atoms with E-state index >= 15 is 0 Å². The third kappa shape index (κ3) is 8.08. The van der Waals surface area contributed by atoms with Crippen molar-refractivity contribution in [1.82, 2.24) is 15.1 Å². The van der Waals surface area contributed by atoms with Gasteiger partial charge in [-0.15, -0.1) is 0 Å². The summed E-state index contributed by atoms with van der Waals surface area (Å²) in [7, 11) is 0. The second-order valence-electron chi connectivity index (χ2n) is 9.46. The van der Waals surface area contributed by atoms with Crippen LogP contribution in [0.4, 0.5) is 4.79 Å². The Morgan fingerprint density at radius 2 is 1.54 bits per heavy atom. The van der Waals surface area contributed by atoms with Gasteiger partial charge in [0.15, 0.2) is 0 Å². The van der Waals surface area contributed by atoms with Crippen LogP contribution in [0.1, 0.15) is 30.4 Å². The molecule has 1 atom stereocenters. The topological polar surface area (TPSA) is 71.1 Å². The molecule has 0 bridgehead atoms. The molecule has 0 spiro atoms. The van der Waals surface area contributed by atoms with Crippen LogP contribution in [0.5, 0.6) is 0 Å². The molecule has 1 unspecified atom stereocenters. The van der Waals surface area contributed by atoms with Gasteiger partial charge in [0.1, 0.15) is 12.6 Å². The van der Waals surface area contributed by atoms with E-state index in [9.17, 15) is 9.59 Å². The van der Waals surface area contributed by atoms with Gasteiger partial charge in [-0.2, -0.15) is 0 Å². The van der Waals surface area contributed by atoms with E-state index in [0.29, 0.717) is 12.3 Å². The predicted molar refractivity (Wildman–Crippen MR) is 135 cm³/mol. The number of rotatable bonds is 9. The highest BCUT2D eigenvalue weighted by Gasteiger charge is 2.30. The molecule has 0 saturated carbocycles. The molecule has 2 fully saturated rings. The molecule has 0 aliphatic carbocycles. The Kier molecular flexibility index (Phi) is 9.55. The monoisotopic (exact) mass is 479 g/mol. The quantitative estimate of drug-likeness (QED) is 0.596. The largest absolute Gasteiger partial charge is 0.445 e. The second-order valence-corrected chi connectivity index (χ2v) is 9.46. The molecular weight excluding hydrogens is 442 g/mol. The average molecular weight is 480 g/mol. The fourth-order valence-corrected chi connectivity index (χ4v) is 4.81. The summed E-state index contributed by atoms with van der Waals surface area (Å²) in [5.41, 5.74) is 1.92. The number of nitrogens with zero attached hydrogens (tertiary/aromatic N) is 2. The Balaban J connectivity index is 1.29. The first kappa shape index (κ1) is 25.2. The fourth-order valence-electron chi connectivity index (χ4n) is 4.81. The Bertz CT molecular complexity index is 910. The normalized spacial score (nSPS) is 18.1. The van der Waals surface area contributed by atoms with Crippen molar-refractivity contribution in [2.45, 2.75) is 38.3 Å². The SMILES string of the molecule is O=C(NC(Cc1ccccc1)C(=O)N1CCC(CCN2CCOCC2)CC1)OCc1ccccc1. The van der Waals surface area contributed by atoms with Crippen LogP contribution < -0.4 is 5.32 Å². The molecule has 2 amide bonds. The first-order chi connectivity index (χ1) is 17.2. The number of amides is 2. The molecule has 4 rings (SSSR count). The maximum absolute atomic E-state index is 13.5. The Morgan fingerprint density at radius 3 is 2.20 bits per heavy atom. The number of piperidine rings is 1. The smallest absolute Gasteiger partial charge is 0.408 e. The van der Waals surface area contributed by atoms with E-state index in [-0.39, 0.29) is 12.5 Å². The minimum atomic E-state index is -0.648. The standard InChI is InChI=1S/C28H37N3O4/c32-27(31-15-12-23(13-16-31)11-14-30-17-19-34-20-18-30)26(21-24-7-3-1-4-8-24)29-28(33)35-22-25-9-5-2-6-10-25/h1-10,23,26H,11-22H2,(H,29,33). The van der Waals surface area contributed by atoms with E-state index in [1.807, 2.05) is 65.6 Å². The van der Waals surface area contributed by atoms with E-state index < -0.39 is 12.1 Å². The minimum absolute atomic E-state index is 0.0304. The summed E-state index contributed by atoms with van der Waals surface area (Å²) in [5.74, 6) is 0.607. The van der Waals surface area contributed by atoms with Crippen LogP contribution in [0, 0.1) is 5.92 Å². The van der Waals surface area contributed by atoms with Crippen molar-refractivity contribution >= 4 is 12.0 Å². The van der Waals surface area contributed by atoms with Crippen molar-refractivity contribution < 1.29 is 19.1 Å². The van der Waals surface area contributed by atoms with E-state index in [1.165, 1.54) is 6.42 Å². The zero-order valence-electron chi connectivity index (χ0n) is 20.4. The number of nitrogens with one attached hydrogen (secondary N) is 1. The van der Waals surface area contributed by atoms with Crippen LogP contribution in [-0.2, 0) is 27.3 Å². The highest BCUT2D eigenvalue weighted by Crippen LogP contribution is 2.22. The third-order valence-electron chi connectivity index (χ3n) is 6.97. The van der Waals surface area contributed by atoms with E-state index in [1.54, 1.807) is 0 Å². The van der Waals surface area contributed by atoms with Gasteiger partial charge in [0.2, 0.25) is 5.91 Å². The first-order valence-corrected chi connectivity index (χ1v) is 12.8. The lowest BCUT2D eigenvalue weighted by Crippen LogP contribution is -2.52. The van der Waals surface area contributed by atoms with Crippen LogP contribution in [0.25, 0.3) is 0 Å². The number of likely N-dealkylation sites (tertiary alicyclic amines) is 1.